The lowest BCUT2D eigenvalue weighted by Crippen LogP contribution is -2.42. The Labute approximate surface area is 149 Å². The number of aryl methyl sites for hydroxylation is 1. The van der Waals surface area contributed by atoms with Gasteiger partial charge in [-0.2, -0.15) is 0 Å². The molecule has 4 nitrogen and oxygen atoms in total. The van der Waals surface area contributed by atoms with Crippen molar-refractivity contribution in [2.75, 3.05) is 19.7 Å². The first-order valence-corrected chi connectivity index (χ1v) is 8.47. The SMILES string of the molecule is Cc1[nH]c2ccc(F)cc2c1C(=O)N1CCOC(c2ccccc2F)C1. The maximum Gasteiger partial charge on any atom is 0.256 e. The number of aromatic amines is 1. The molecular formula is C20H18F2N2O2. The number of carbonyl (C=O) groups is 1. The van der Waals surface area contributed by atoms with Crippen LogP contribution in [-0.2, 0) is 4.74 Å². The summed E-state index contributed by atoms with van der Waals surface area (Å²) < 4.78 is 33.4. The number of nitrogens with zero attached hydrogens (tertiary/aromatic N) is 1. The molecule has 1 saturated heterocycles. The Hall–Kier alpha value is -2.73. The Morgan fingerprint density at radius 1 is 1.23 bits per heavy atom. The average Bonchev–Trinajstić information content (AvgIpc) is 2.96. The molecule has 4 rings (SSSR count). The van der Waals surface area contributed by atoms with Crippen molar-refractivity contribution >= 4 is 16.8 Å². The van der Waals surface area contributed by atoms with Gasteiger partial charge in [-0.15, -0.1) is 0 Å². The van der Waals surface area contributed by atoms with Crippen LogP contribution in [0.1, 0.15) is 27.7 Å². The smallest absolute Gasteiger partial charge is 0.256 e. The van der Waals surface area contributed by atoms with Gasteiger partial charge in [-0.3, -0.25) is 4.79 Å². The predicted molar refractivity (Wildman–Crippen MR) is 94.0 cm³/mol. The van der Waals surface area contributed by atoms with E-state index in [0.717, 1.165) is 0 Å². The second-order valence-corrected chi connectivity index (χ2v) is 6.45. The standard InChI is InChI=1S/C20H18F2N2O2/c1-12-19(15-10-13(21)6-7-17(15)23-12)20(25)24-8-9-26-18(11-24)14-4-2-3-5-16(14)22/h2-7,10,18,23H,8-9,11H2,1H3. The summed E-state index contributed by atoms with van der Waals surface area (Å²) in [6.45, 7) is 2.77. The normalized spacial score (nSPS) is 17.7. The van der Waals surface area contributed by atoms with Crippen molar-refractivity contribution in [1.29, 1.82) is 0 Å². The van der Waals surface area contributed by atoms with Crippen molar-refractivity contribution in [2.45, 2.75) is 13.0 Å². The summed E-state index contributed by atoms with van der Waals surface area (Å²) in [7, 11) is 0. The number of benzene rings is 2. The minimum atomic E-state index is -0.517. The van der Waals surface area contributed by atoms with Crippen LogP contribution in [0.5, 0.6) is 0 Å². The van der Waals surface area contributed by atoms with E-state index in [4.69, 9.17) is 4.74 Å². The predicted octanol–water partition coefficient (Wildman–Crippen LogP) is 3.97. The van der Waals surface area contributed by atoms with Crippen LogP contribution in [0.2, 0.25) is 0 Å². The molecule has 0 saturated carbocycles. The molecule has 6 heteroatoms. The van der Waals surface area contributed by atoms with Gasteiger partial charge in [-0.05, 0) is 31.2 Å². The number of hydrogen-bond acceptors (Lipinski definition) is 2. The van der Waals surface area contributed by atoms with Gasteiger partial charge >= 0.3 is 0 Å². The molecule has 1 fully saturated rings. The first-order chi connectivity index (χ1) is 12.5. The largest absolute Gasteiger partial charge is 0.370 e. The highest BCUT2D eigenvalue weighted by molar-refractivity contribution is 6.08. The second-order valence-electron chi connectivity index (χ2n) is 6.45. The molecule has 0 bridgehead atoms. The highest BCUT2D eigenvalue weighted by Gasteiger charge is 2.29. The third-order valence-corrected chi connectivity index (χ3v) is 4.77. The third kappa shape index (κ3) is 2.86. The van der Waals surface area contributed by atoms with Gasteiger partial charge in [0, 0.05) is 28.7 Å². The molecule has 3 aromatic rings. The van der Waals surface area contributed by atoms with Crippen LogP contribution >= 0.6 is 0 Å². The summed E-state index contributed by atoms with van der Waals surface area (Å²) in [4.78, 5) is 17.9. The Morgan fingerprint density at radius 2 is 2.04 bits per heavy atom. The highest BCUT2D eigenvalue weighted by atomic mass is 19.1. The van der Waals surface area contributed by atoms with Crippen LogP contribution in [-0.4, -0.2) is 35.5 Å². The summed E-state index contributed by atoms with van der Waals surface area (Å²) in [6, 6.07) is 10.8. The quantitative estimate of drug-likeness (QED) is 0.755. The second kappa shape index (κ2) is 6.53. The fraction of sp³-hybridized carbons (Fsp3) is 0.250. The molecule has 0 spiro atoms. The van der Waals surface area contributed by atoms with Crippen LogP contribution in [0.3, 0.4) is 0 Å². The molecule has 1 N–H and O–H groups in total. The Morgan fingerprint density at radius 3 is 2.85 bits per heavy atom. The molecule has 26 heavy (non-hydrogen) atoms. The molecule has 1 atom stereocenters. The Balaban J connectivity index is 1.65. The number of aromatic nitrogens is 1. The topological polar surface area (TPSA) is 45.3 Å². The van der Waals surface area contributed by atoms with E-state index in [0.29, 0.717) is 40.9 Å². The monoisotopic (exact) mass is 356 g/mol. The van der Waals surface area contributed by atoms with Crippen LogP contribution in [0.25, 0.3) is 10.9 Å². The molecule has 1 aliphatic heterocycles. The molecule has 0 aliphatic carbocycles. The first-order valence-electron chi connectivity index (χ1n) is 8.47. The lowest BCUT2D eigenvalue weighted by Gasteiger charge is -2.33. The molecule has 134 valence electrons. The van der Waals surface area contributed by atoms with Crippen molar-refractivity contribution < 1.29 is 18.3 Å². The van der Waals surface area contributed by atoms with Crippen molar-refractivity contribution in [2.24, 2.45) is 0 Å². The third-order valence-electron chi connectivity index (χ3n) is 4.77. The van der Waals surface area contributed by atoms with Gasteiger partial charge < -0.3 is 14.6 Å². The number of halogens is 2. The van der Waals surface area contributed by atoms with E-state index in [-0.39, 0.29) is 18.3 Å². The summed E-state index contributed by atoms with van der Waals surface area (Å²) >= 11 is 0. The summed E-state index contributed by atoms with van der Waals surface area (Å²) in [5.41, 5.74) is 2.29. The van der Waals surface area contributed by atoms with Crippen molar-refractivity contribution in [1.82, 2.24) is 9.88 Å². The minimum absolute atomic E-state index is 0.205. The number of rotatable bonds is 2. The molecule has 2 aromatic carbocycles. The van der Waals surface area contributed by atoms with Gasteiger partial charge in [0.05, 0.1) is 18.7 Å². The molecule has 1 amide bonds. The van der Waals surface area contributed by atoms with E-state index in [9.17, 15) is 13.6 Å². The minimum Gasteiger partial charge on any atom is -0.370 e. The summed E-state index contributed by atoms with van der Waals surface area (Å²) in [6.07, 6.45) is -0.517. The van der Waals surface area contributed by atoms with Gasteiger partial charge in [0.15, 0.2) is 0 Å². The summed E-state index contributed by atoms with van der Waals surface area (Å²) in [5, 5.41) is 0.557. The van der Waals surface area contributed by atoms with E-state index >= 15 is 0 Å². The van der Waals surface area contributed by atoms with Crippen LogP contribution in [0.4, 0.5) is 8.78 Å². The number of hydrogen-bond donors (Lipinski definition) is 1. The molecule has 1 unspecified atom stereocenters. The van der Waals surface area contributed by atoms with E-state index in [1.165, 1.54) is 18.2 Å². The number of H-pyrrole nitrogens is 1. The van der Waals surface area contributed by atoms with E-state index in [1.807, 2.05) is 0 Å². The van der Waals surface area contributed by atoms with Crippen molar-refractivity contribution in [3.63, 3.8) is 0 Å². The lowest BCUT2D eigenvalue weighted by atomic mass is 10.1. The molecule has 1 aliphatic rings. The average molecular weight is 356 g/mol. The molecular weight excluding hydrogens is 338 g/mol. The Kier molecular flexibility index (Phi) is 4.20. The fourth-order valence-corrected chi connectivity index (χ4v) is 3.49. The van der Waals surface area contributed by atoms with Gasteiger partial charge in [0.1, 0.15) is 17.7 Å². The van der Waals surface area contributed by atoms with Gasteiger partial charge in [-0.25, -0.2) is 8.78 Å². The Bertz CT molecular complexity index is 983. The number of ether oxygens (including phenoxy) is 1. The first kappa shape index (κ1) is 16.7. The van der Waals surface area contributed by atoms with E-state index in [2.05, 4.69) is 4.98 Å². The number of carbonyl (C=O) groups excluding carboxylic acids is 1. The number of morpholine rings is 1. The molecule has 0 radical (unpaired) electrons. The lowest BCUT2D eigenvalue weighted by molar-refractivity contribution is -0.0242. The zero-order chi connectivity index (χ0) is 18.3. The van der Waals surface area contributed by atoms with Crippen molar-refractivity contribution in [3.05, 3.63) is 70.9 Å². The zero-order valence-corrected chi connectivity index (χ0v) is 14.3. The number of nitrogens with one attached hydrogen (secondary N) is 1. The molecule has 2 heterocycles. The van der Waals surface area contributed by atoms with Crippen LogP contribution < -0.4 is 0 Å². The number of amides is 1. The maximum absolute atomic E-state index is 14.1. The van der Waals surface area contributed by atoms with E-state index < -0.39 is 11.9 Å². The van der Waals surface area contributed by atoms with Gasteiger partial charge in [-0.1, -0.05) is 18.2 Å². The molecule has 1 aromatic heterocycles. The maximum atomic E-state index is 14.1. The zero-order valence-electron chi connectivity index (χ0n) is 14.3. The van der Waals surface area contributed by atoms with Gasteiger partial charge in [0.2, 0.25) is 0 Å². The van der Waals surface area contributed by atoms with E-state index in [1.54, 1.807) is 36.1 Å². The van der Waals surface area contributed by atoms with Crippen LogP contribution in [0.15, 0.2) is 42.5 Å². The summed E-state index contributed by atoms with van der Waals surface area (Å²) in [5.74, 6) is -0.946. The van der Waals surface area contributed by atoms with Crippen LogP contribution in [0, 0.1) is 18.6 Å². The van der Waals surface area contributed by atoms with Gasteiger partial charge in [0.25, 0.3) is 5.91 Å². The number of fused-ring (bicyclic) bond motifs is 1. The van der Waals surface area contributed by atoms with Crippen molar-refractivity contribution in [3.8, 4) is 0 Å². The highest BCUT2D eigenvalue weighted by Crippen LogP contribution is 2.28. The fourth-order valence-electron chi connectivity index (χ4n) is 3.49.